The summed E-state index contributed by atoms with van der Waals surface area (Å²) in [5.41, 5.74) is 1.43. The van der Waals surface area contributed by atoms with Crippen molar-refractivity contribution in [2.24, 2.45) is 0 Å². The summed E-state index contributed by atoms with van der Waals surface area (Å²) in [5.74, 6) is 1.88. The van der Waals surface area contributed by atoms with Crippen molar-refractivity contribution in [3.05, 3.63) is 42.6 Å². The fourth-order valence-electron chi connectivity index (χ4n) is 1.93. The topological polar surface area (TPSA) is 75.0 Å². The van der Waals surface area contributed by atoms with Crippen molar-refractivity contribution in [3.63, 3.8) is 0 Å². The second-order valence-electron chi connectivity index (χ2n) is 4.16. The molecule has 7 heteroatoms. The van der Waals surface area contributed by atoms with Gasteiger partial charge in [0.1, 0.15) is 5.69 Å². The number of hydrogen-bond donors (Lipinski definition) is 0. The van der Waals surface area contributed by atoms with Crippen LogP contribution in [0.5, 0.6) is 11.5 Å². The van der Waals surface area contributed by atoms with Gasteiger partial charge in [0.05, 0.1) is 5.69 Å². The Kier molecular flexibility index (Phi) is 2.35. The van der Waals surface area contributed by atoms with Crippen LogP contribution in [0, 0.1) is 0 Å². The number of benzene rings is 1. The molecule has 7 nitrogen and oxygen atoms in total. The maximum absolute atomic E-state index is 5.33. The lowest BCUT2D eigenvalue weighted by atomic mass is 10.3. The minimum Gasteiger partial charge on any atom is -0.454 e. The third-order valence-corrected chi connectivity index (χ3v) is 2.89. The smallest absolute Gasteiger partial charge is 0.231 e. The lowest BCUT2D eigenvalue weighted by Gasteiger charge is -2.00. The average Bonchev–Trinajstić information content (AvgIpc) is 3.16. The predicted molar refractivity (Wildman–Crippen MR) is 68.5 cm³/mol. The number of aromatic nitrogens is 5. The molecule has 20 heavy (non-hydrogen) atoms. The van der Waals surface area contributed by atoms with E-state index in [0.29, 0.717) is 17.3 Å². The van der Waals surface area contributed by atoms with Crippen LogP contribution >= 0.6 is 0 Å². The Bertz CT molecular complexity index is 756. The number of tetrazole rings is 1. The first-order chi connectivity index (χ1) is 9.90. The van der Waals surface area contributed by atoms with E-state index in [-0.39, 0.29) is 6.79 Å². The van der Waals surface area contributed by atoms with Crippen molar-refractivity contribution in [2.75, 3.05) is 6.79 Å². The van der Waals surface area contributed by atoms with E-state index >= 15 is 0 Å². The van der Waals surface area contributed by atoms with Crippen LogP contribution in [0.2, 0.25) is 0 Å². The number of pyridine rings is 1. The molecular formula is C13H9N5O2. The van der Waals surface area contributed by atoms with E-state index in [1.807, 2.05) is 36.4 Å². The molecule has 1 aliphatic rings. The molecule has 0 unspecified atom stereocenters. The minimum absolute atomic E-state index is 0.239. The van der Waals surface area contributed by atoms with E-state index < -0.39 is 0 Å². The van der Waals surface area contributed by atoms with Crippen LogP contribution in [0.25, 0.3) is 17.2 Å². The number of hydrogen-bond acceptors (Lipinski definition) is 6. The molecule has 0 bridgehead atoms. The lowest BCUT2D eigenvalue weighted by Crippen LogP contribution is -1.99. The average molecular weight is 267 g/mol. The van der Waals surface area contributed by atoms with Crippen LogP contribution in [0.3, 0.4) is 0 Å². The molecule has 1 aliphatic heterocycles. The Morgan fingerprint density at radius 1 is 1.05 bits per heavy atom. The van der Waals surface area contributed by atoms with Crippen LogP contribution in [-0.2, 0) is 0 Å². The van der Waals surface area contributed by atoms with Gasteiger partial charge in [-0.05, 0) is 29.5 Å². The van der Waals surface area contributed by atoms with E-state index in [2.05, 4.69) is 20.4 Å². The molecule has 0 N–H and O–H groups in total. The monoisotopic (exact) mass is 267 g/mol. The number of nitrogens with zero attached hydrogens (tertiary/aromatic N) is 5. The van der Waals surface area contributed by atoms with Crippen molar-refractivity contribution in [2.45, 2.75) is 0 Å². The van der Waals surface area contributed by atoms with Crippen LogP contribution in [0.4, 0.5) is 0 Å². The molecule has 4 rings (SSSR count). The molecule has 98 valence electrons. The van der Waals surface area contributed by atoms with E-state index in [1.54, 1.807) is 6.20 Å². The Labute approximate surface area is 113 Å². The van der Waals surface area contributed by atoms with Crippen LogP contribution < -0.4 is 9.47 Å². The maximum atomic E-state index is 5.33. The highest BCUT2D eigenvalue weighted by atomic mass is 16.7. The zero-order valence-electron chi connectivity index (χ0n) is 10.3. The van der Waals surface area contributed by atoms with Crippen LogP contribution in [0.1, 0.15) is 0 Å². The minimum atomic E-state index is 0.239. The molecule has 0 amide bonds. The molecule has 0 radical (unpaired) electrons. The molecule has 0 fully saturated rings. The Hall–Kier alpha value is -2.96. The fourth-order valence-corrected chi connectivity index (χ4v) is 1.93. The second-order valence-corrected chi connectivity index (χ2v) is 4.16. The van der Waals surface area contributed by atoms with Crippen molar-refractivity contribution >= 4 is 0 Å². The Morgan fingerprint density at radius 3 is 2.90 bits per heavy atom. The number of rotatable bonds is 2. The molecular weight excluding hydrogens is 258 g/mol. The zero-order chi connectivity index (χ0) is 13.4. The van der Waals surface area contributed by atoms with Gasteiger partial charge in [-0.25, -0.2) is 0 Å². The van der Waals surface area contributed by atoms with Crippen LogP contribution in [-0.4, -0.2) is 32.0 Å². The van der Waals surface area contributed by atoms with Gasteiger partial charge in [0.2, 0.25) is 12.6 Å². The van der Waals surface area contributed by atoms with Crippen LogP contribution in [0.15, 0.2) is 42.6 Å². The summed E-state index contributed by atoms with van der Waals surface area (Å²) in [6, 6.07) is 11.0. The largest absolute Gasteiger partial charge is 0.454 e. The van der Waals surface area contributed by atoms with Gasteiger partial charge in [-0.2, -0.15) is 0 Å². The van der Waals surface area contributed by atoms with E-state index in [0.717, 1.165) is 11.4 Å². The summed E-state index contributed by atoms with van der Waals surface area (Å²) >= 11 is 0. The van der Waals surface area contributed by atoms with Gasteiger partial charge in [-0.3, -0.25) is 4.98 Å². The van der Waals surface area contributed by atoms with Gasteiger partial charge < -0.3 is 9.47 Å². The molecule has 1 aromatic carbocycles. The van der Waals surface area contributed by atoms with Crippen molar-refractivity contribution in [3.8, 4) is 28.7 Å². The summed E-state index contributed by atoms with van der Waals surface area (Å²) < 4.78 is 10.6. The predicted octanol–water partition coefficient (Wildman–Crippen LogP) is 1.45. The third kappa shape index (κ3) is 1.76. The highest BCUT2D eigenvalue weighted by Gasteiger charge is 2.15. The lowest BCUT2D eigenvalue weighted by molar-refractivity contribution is 0.174. The molecule has 0 spiro atoms. The molecule has 2 aromatic heterocycles. The van der Waals surface area contributed by atoms with Crippen molar-refractivity contribution < 1.29 is 9.47 Å². The standard InChI is InChI=1S/C13H9N5O2/c1-2-6-14-10(3-1)13-15-17-18(16-13)9-4-5-11-12(7-9)20-8-19-11/h1-7H,8H2. The van der Waals surface area contributed by atoms with Gasteiger partial charge in [0.15, 0.2) is 11.5 Å². The molecule has 0 atom stereocenters. The maximum Gasteiger partial charge on any atom is 0.231 e. The molecule has 0 saturated heterocycles. The fraction of sp³-hybridized carbons (Fsp3) is 0.0769. The summed E-state index contributed by atoms with van der Waals surface area (Å²) in [6.45, 7) is 0.239. The zero-order valence-corrected chi connectivity index (χ0v) is 10.3. The quantitative estimate of drug-likeness (QED) is 0.699. The first-order valence-corrected chi connectivity index (χ1v) is 6.01. The molecule has 0 aliphatic carbocycles. The third-order valence-electron chi connectivity index (χ3n) is 2.89. The van der Waals surface area contributed by atoms with Gasteiger partial charge in [0, 0.05) is 12.3 Å². The summed E-state index contributed by atoms with van der Waals surface area (Å²) in [5, 5.41) is 12.3. The van der Waals surface area contributed by atoms with E-state index in [1.165, 1.54) is 4.80 Å². The van der Waals surface area contributed by atoms with E-state index in [9.17, 15) is 0 Å². The second kappa shape index (κ2) is 4.30. The normalized spacial score (nSPS) is 12.6. The highest BCUT2D eigenvalue weighted by molar-refractivity contribution is 5.50. The SMILES string of the molecule is c1ccc(-c2nnn(-c3ccc4c(c3)OCO4)n2)nc1. The molecule has 3 heterocycles. The van der Waals surface area contributed by atoms with Gasteiger partial charge in [-0.15, -0.1) is 15.0 Å². The van der Waals surface area contributed by atoms with Gasteiger partial charge in [0.25, 0.3) is 0 Å². The summed E-state index contributed by atoms with van der Waals surface area (Å²) in [7, 11) is 0. The Balaban J connectivity index is 1.72. The number of fused-ring (bicyclic) bond motifs is 1. The van der Waals surface area contributed by atoms with Gasteiger partial charge in [-0.1, -0.05) is 6.07 Å². The molecule has 3 aromatic rings. The van der Waals surface area contributed by atoms with Gasteiger partial charge >= 0.3 is 0 Å². The van der Waals surface area contributed by atoms with Crippen molar-refractivity contribution in [1.29, 1.82) is 0 Å². The Morgan fingerprint density at radius 2 is 2.00 bits per heavy atom. The van der Waals surface area contributed by atoms with Crippen molar-refractivity contribution in [1.82, 2.24) is 25.2 Å². The first-order valence-electron chi connectivity index (χ1n) is 6.01. The highest BCUT2D eigenvalue weighted by Crippen LogP contribution is 2.33. The molecule has 0 saturated carbocycles. The first kappa shape index (κ1) is 10.9. The number of ether oxygens (including phenoxy) is 2. The van der Waals surface area contributed by atoms with E-state index in [4.69, 9.17) is 9.47 Å². The summed E-state index contributed by atoms with van der Waals surface area (Å²) in [4.78, 5) is 5.63. The summed E-state index contributed by atoms with van der Waals surface area (Å²) in [6.07, 6.45) is 1.69.